The van der Waals surface area contributed by atoms with E-state index < -0.39 is 0 Å². The molecule has 100 valence electrons. The van der Waals surface area contributed by atoms with Crippen molar-refractivity contribution in [2.45, 2.75) is 24.1 Å². The molecule has 0 aliphatic heterocycles. The zero-order chi connectivity index (χ0) is 13.8. The van der Waals surface area contributed by atoms with Crippen LogP contribution in [0.25, 0.3) is 0 Å². The van der Waals surface area contributed by atoms with Gasteiger partial charge < -0.3 is 5.73 Å². The van der Waals surface area contributed by atoms with Crippen LogP contribution < -0.4 is 5.73 Å². The molecule has 0 radical (unpaired) electrons. The van der Waals surface area contributed by atoms with Crippen LogP contribution in [-0.4, -0.2) is 0 Å². The normalized spacial score (nSPS) is 10.7. The van der Waals surface area contributed by atoms with Crippen LogP contribution in [0.2, 0.25) is 10.0 Å². The van der Waals surface area contributed by atoms with Gasteiger partial charge in [-0.3, -0.25) is 0 Å². The van der Waals surface area contributed by atoms with Gasteiger partial charge >= 0.3 is 0 Å². The van der Waals surface area contributed by atoms with Crippen LogP contribution >= 0.6 is 35.0 Å². The van der Waals surface area contributed by atoms with Crippen LogP contribution in [0.15, 0.2) is 41.3 Å². The van der Waals surface area contributed by atoms with E-state index in [4.69, 9.17) is 28.9 Å². The number of thioether (sulfide) groups is 1. The van der Waals surface area contributed by atoms with Crippen LogP contribution in [0, 0.1) is 6.92 Å². The maximum atomic E-state index is 6.15. The highest BCUT2D eigenvalue weighted by molar-refractivity contribution is 7.98. The predicted octanol–water partition coefficient (Wildman–Crippen LogP) is 5.05. The number of benzene rings is 2. The van der Waals surface area contributed by atoms with Gasteiger partial charge in [-0.2, -0.15) is 0 Å². The molecule has 0 fully saturated rings. The van der Waals surface area contributed by atoms with Crippen LogP contribution in [-0.2, 0) is 12.3 Å². The van der Waals surface area contributed by atoms with E-state index in [9.17, 15) is 0 Å². The molecule has 0 heterocycles. The fourth-order valence-electron chi connectivity index (χ4n) is 1.79. The summed E-state index contributed by atoms with van der Waals surface area (Å²) in [5.41, 5.74) is 9.34. The highest BCUT2D eigenvalue weighted by Crippen LogP contribution is 2.32. The number of rotatable bonds is 4. The lowest BCUT2D eigenvalue weighted by molar-refractivity contribution is 1.06. The Kier molecular flexibility index (Phi) is 5.17. The average molecular weight is 312 g/mol. The number of hydrogen-bond donors (Lipinski definition) is 1. The molecule has 2 aromatic rings. The monoisotopic (exact) mass is 311 g/mol. The first kappa shape index (κ1) is 14.7. The van der Waals surface area contributed by atoms with Gasteiger partial charge in [0.2, 0.25) is 0 Å². The molecule has 4 heteroatoms. The Morgan fingerprint density at radius 1 is 1.11 bits per heavy atom. The molecule has 0 saturated carbocycles. The van der Waals surface area contributed by atoms with Gasteiger partial charge in [-0.15, -0.1) is 11.8 Å². The van der Waals surface area contributed by atoms with Gasteiger partial charge in [0.15, 0.2) is 0 Å². The summed E-state index contributed by atoms with van der Waals surface area (Å²) in [5, 5.41) is 1.45. The minimum Gasteiger partial charge on any atom is -0.326 e. The summed E-state index contributed by atoms with van der Waals surface area (Å²) in [4.78, 5) is 1.01. The minimum atomic E-state index is 0.578. The van der Waals surface area contributed by atoms with Crippen molar-refractivity contribution in [2.24, 2.45) is 5.73 Å². The Balaban J connectivity index is 2.12. The summed E-state index contributed by atoms with van der Waals surface area (Å²) >= 11 is 13.8. The smallest absolute Gasteiger partial charge is 0.0543 e. The van der Waals surface area contributed by atoms with Crippen molar-refractivity contribution < 1.29 is 0 Å². The summed E-state index contributed by atoms with van der Waals surface area (Å²) in [6.45, 7) is 2.68. The van der Waals surface area contributed by atoms with Crippen molar-refractivity contribution in [3.63, 3.8) is 0 Å². The van der Waals surface area contributed by atoms with E-state index in [2.05, 4.69) is 25.1 Å². The number of hydrogen-bond acceptors (Lipinski definition) is 2. The van der Waals surface area contributed by atoms with Crippen LogP contribution in [0.3, 0.4) is 0 Å². The van der Waals surface area contributed by atoms with Crippen molar-refractivity contribution in [1.82, 2.24) is 0 Å². The fraction of sp³-hybridized carbons (Fsp3) is 0.200. The first-order valence-electron chi connectivity index (χ1n) is 5.96. The SMILES string of the molecule is Cc1cc(CN)ccc1CSc1cc(Cl)ccc1Cl. The Bertz CT molecular complexity index is 584. The third-order valence-corrected chi connectivity index (χ3v) is 4.70. The van der Waals surface area contributed by atoms with E-state index in [-0.39, 0.29) is 0 Å². The number of halogens is 2. The molecule has 19 heavy (non-hydrogen) atoms. The minimum absolute atomic E-state index is 0.578. The second kappa shape index (κ2) is 6.67. The second-order valence-electron chi connectivity index (χ2n) is 4.33. The van der Waals surface area contributed by atoms with Crippen molar-refractivity contribution in [3.8, 4) is 0 Å². The van der Waals surface area contributed by atoms with Gasteiger partial charge in [-0.25, -0.2) is 0 Å². The summed E-state index contributed by atoms with van der Waals surface area (Å²) in [6.07, 6.45) is 0. The van der Waals surface area contributed by atoms with Gasteiger partial charge in [-0.1, -0.05) is 41.4 Å². The quantitative estimate of drug-likeness (QED) is 0.799. The van der Waals surface area contributed by atoms with Crippen LogP contribution in [0.4, 0.5) is 0 Å². The molecule has 0 unspecified atom stereocenters. The highest BCUT2D eigenvalue weighted by Gasteiger charge is 2.05. The third kappa shape index (κ3) is 3.90. The molecule has 0 amide bonds. The average Bonchev–Trinajstić information content (AvgIpc) is 2.40. The van der Waals surface area contributed by atoms with Gasteiger partial charge in [0, 0.05) is 22.2 Å². The van der Waals surface area contributed by atoms with Crippen molar-refractivity contribution in [1.29, 1.82) is 0 Å². The van der Waals surface area contributed by atoms with E-state index in [0.717, 1.165) is 21.2 Å². The summed E-state index contributed by atoms with van der Waals surface area (Å²) in [7, 11) is 0. The van der Waals surface area contributed by atoms with Gasteiger partial charge in [-0.05, 0) is 41.8 Å². The lowest BCUT2D eigenvalue weighted by Crippen LogP contribution is -1.97. The first-order chi connectivity index (χ1) is 9.10. The van der Waals surface area contributed by atoms with Crippen molar-refractivity contribution in [3.05, 3.63) is 63.1 Å². The molecule has 0 saturated heterocycles. The molecule has 0 atom stereocenters. The first-order valence-corrected chi connectivity index (χ1v) is 7.70. The van der Waals surface area contributed by atoms with Gasteiger partial charge in [0.25, 0.3) is 0 Å². The maximum Gasteiger partial charge on any atom is 0.0543 e. The molecule has 0 aliphatic carbocycles. The second-order valence-corrected chi connectivity index (χ2v) is 6.19. The molecule has 0 bridgehead atoms. The fourth-order valence-corrected chi connectivity index (χ4v) is 3.36. The van der Waals surface area contributed by atoms with E-state index in [0.29, 0.717) is 11.6 Å². The molecular weight excluding hydrogens is 297 g/mol. The molecule has 0 aromatic heterocycles. The third-order valence-electron chi connectivity index (χ3n) is 2.92. The summed E-state index contributed by atoms with van der Waals surface area (Å²) < 4.78 is 0. The van der Waals surface area contributed by atoms with E-state index in [1.165, 1.54) is 11.1 Å². The maximum absolute atomic E-state index is 6.15. The molecular formula is C15H15Cl2NS. The lowest BCUT2D eigenvalue weighted by Gasteiger charge is -2.09. The largest absolute Gasteiger partial charge is 0.326 e. The summed E-state index contributed by atoms with van der Waals surface area (Å²) in [6, 6.07) is 11.9. The number of aryl methyl sites for hydroxylation is 1. The Morgan fingerprint density at radius 3 is 2.58 bits per heavy atom. The van der Waals surface area contributed by atoms with Gasteiger partial charge in [0.05, 0.1) is 5.02 Å². The molecule has 2 N–H and O–H groups in total. The zero-order valence-corrected chi connectivity index (χ0v) is 12.9. The predicted molar refractivity (Wildman–Crippen MR) is 85.1 cm³/mol. The molecule has 0 spiro atoms. The molecule has 0 aliphatic rings. The highest BCUT2D eigenvalue weighted by atomic mass is 35.5. The molecule has 2 rings (SSSR count). The van der Waals surface area contributed by atoms with E-state index in [1.807, 2.05) is 12.1 Å². The van der Waals surface area contributed by atoms with Crippen LogP contribution in [0.5, 0.6) is 0 Å². The Labute approximate surface area is 128 Å². The number of nitrogens with two attached hydrogens (primary N) is 1. The molecule has 2 aromatic carbocycles. The van der Waals surface area contributed by atoms with Crippen molar-refractivity contribution in [2.75, 3.05) is 0 Å². The Hall–Kier alpha value is -0.670. The van der Waals surface area contributed by atoms with E-state index in [1.54, 1.807) is 17.8 Å². The van der Waals surface area contributed by atoms with E-state index >= 15 is 0 Å². The molecule has 1 nitrogen and oxygen atoms in total. The standard InChI is InChI=1S/C15H15Cl2NS/c1-10-6-11(8-18)2-3-12(10)9-19-15-7-13(16)4-5-14(15)17/h2-7H,8-9,18H2,1H3. The van der Waals surface area contributed by atoms with Gasteiger partial charge in [0.1, 0.15) is 0 Å². The van der Waals surface area contributed by atoms with Crippen molar-refractivity contribution >= 4 is 35.0 Å². The lowest BCUT2D eigenvalue weighted by atomic mass is 10.1. The topological polar surface area (TPSA) is 26.0 Å². The van der Waals surface area contributed by atoms with Crippen LogP contribution in [0.1, 0.15) is 16.7 Å². The Morgan fingerprint density at radius 2 is 1.89 bits per heavy atom. The summed E-state index contributed by atoms with van der Waals surface area (Å²) in [5.74, 6) is 0.872. The zero-order valence-electron chi connectivity index (χ0n) is 10.6.